The van der Waals surface area contributed by atoms with Crippen LogP contribution in [0.15, 0.2) is 60.7 Å². The van der Waals surface area contributed by atoms with E-state index in [-0.39, 0.29) is 0 Å². The molecule has 0 radical (unpaired) electrons. The van der Waals surface area contributed by atoms with Crippen LogP contribution in [0.3, 0.4) is 0 Å². The van der Waals surface area contributed by atoms with Crippen LogP contribution in [0.5, 0.6) is 0 Å². The number of nitrogens with zero attached hydrogens (tertiary/aromatic N) is 1. The first-order chi connectivity index (χ1) is 9.86. The summed E-state index contributed by atoms with van der Waals surface area (Å²) in [6.07, 6.45) is 0. The van der Waals surface area contributed by atoms with Gasteiger partial charge >= 0.3 is 0 Å². The van der Waals surface area contributed by atoms with Crippen molar-refractivity contribution in [2.75, 3.05) is 0 Å². The predicted octanol–water partition coefficient (Wildman–Crippen LogP) is 5.15. The number of para-hydroxylation sites is 3. The minimum atomic E-state index is 1.31. The molecule has 0 saturated carbocycles. The van der Waals surface area contributed by atoms with E-state index in [0.29, 0.717) is 0 Å². The average molecular weight is 255 g/mol. The Bertz CT molecular complexity index is 1100. The topological polar surface area (TPSA) is 4.41 Å². The fourth-order valence-electron chi connectivity index (χ4n) is 3.64. The summed E-state index contributed by atoms with van der Waals surface area (Å²) in [4.78, 5) is 0. The molecule has 0 amide bonds. The third-order valence-corrected chi connectivity index (χ3v) is 4.45. The zero-order valence-electron chi connectivity index (χ0n) is 11.2. The molecule has 2 aromatic heterocycles. The van der Waals surface area contributed by atoms with Gasteiger partial charge in [-0.1, -0.05) is 54.6 Å². The summed E-state index contributed by atoms with van der Waals surface area (Å²) in [7, 11) is 0. The van der Waals surface area contributed by atoms with Gasteiger partial charge in [-0.15, -0.1) is 0 Å². The Balaban J connectivity index is 2.32. The second-order valence-corrected chi connectivity index (χ2v) is 5.53. The van der Waals surface area contributed by atoms with Gasteiger partial charge in [0, 0.05) is 21.5 Å². The first kappa shape index (κ1) is 10.3. The highest BCUT2D eigenvalue weighted by atomic mass is 14.9. The van der Waals surface area contributed by atoms with Gasteiger partial charge in [0.2, 0.25) is 0 Å². The SMILES string of the molecule is Cc1cccc2c3cccc4c5ccccc5n(c12)c43. The lowest BCUT2D eigenvalue weighted by molar-refractivity contribution is 1.34. The van der Waals surface area contributed by atoms with Crippen molar-refractivity contribution in [3.05, 3.63) is 66.2 Å². The number of aromatic nitrogens is 1. The molecule has 0 unspecified atom stereocenters. The second kappa shape index (κ2) is 3.31. The van der Waals surface area contributed by atoms with Crippen molar-refractivity contribution in [2.45, 2.75) is 6.92 Å². The van der Waals surface area contributed by atoms with Crippen LogP contribution in [0.25, 0.3) is 38.1 Å². The summed E-state index contributed by atoms with van der Waals surface area (Å²) < 4.78 is 2.44. The fraction of sp³-hybridized carbons (Fsp3) is 0.0526. The lowest BCUT2D eigenvalue weighted by Crippen LogP contribution is -1.83. The van der Waals surface area contributed by atoms with Crippen molar-refractivity contribution in [3.8, 4) is 0 Å². The van der Waals surface area contributed by atoms with Gasteiger partial charge in [0.1, 0.15) is 0 Å². The molecule has 0 aliphatic heterocycles. The van der Waals surface area contributed by atoms with E-state index in [2.05, 4.69) is 72.0 Å². The number of hydrogen-bond donors (Lipinski definition) is 0. The van der Waals surface area contributed by atoms with E-state index >= 15 is 0 Å². The van der Waals surface area contributed by atoms with E-state index in [1.165, 1.54) is 43.7 Å². The molecule has 94 valence electrons. The van der Waals surface area contributed by atoms with Crippen molar-refractivity contribution in [2.24, 2.45) is 0 Å². The van der Waals surface area contributed by atoms with Crippen LogP contribution < -0.4 is 0 Å². The van der Waals surface area contributed by atoms with Crippen molar-refractivity contribution in [1.82, 2.24) is 4.40 Å². The molecule has 5 aromatic rings. The molecule has 2 heterocycles. The molecule has 0 atom stereocenters. The summed E-state index contributed by atoms with van der Waals surface area (Å²) >= 11 is 0. The van der Waals surface area contributed by atoms with Gasteiger partial charge in [0.05, 0.1) is 16.6 Å². The molecule has 0 aliphatic rings. The molecular formula is C19H13N. The zero-order chi connectivity index (χ0) is 13.3. The van der Waals surface area contributed by atoms with Gasteiger partial charge in [0.15, 0.2) is 0 Å². The van der Waals surface area contributed by atoms with Crippen LogP contribution in [0.1, 0.15) is 5.56 Å². The van der Waals surface area contributed by atoms with E-state index in [1.807, 2.05) is 0 Å². The third-order valence-electron chi connectivity index (χ3n) is 4.45. The molecule has 0 bridgehead atoms. The van der Waals surface area contributed by atoms with Gasteiger partial charge in [-0.05, 0) is 18.6 Å². The Morgan fingerprint density at radius 2 is 1.20 bits per heavy atom. The maximum atomic E-state index is 2.44. The second-order valence-electron chi connectivity index (χ2n) is 5.53. The minimum absolute atomic E-state index is 1.31. The number of hydrogen-bond acceptors (Lipinski definition) is 0. The number of rotatable bonds is 0. The molecule has 0 spiro atoms. The molecule has 0 fully saturated rings. The highest BCUT2D eigenvalue weighted by Crippen LogP contribution is 2.39. The normalized spacial score (nSPS) is 12.2. The quantitative estimate of drug-likeness (QED) is 0.360. The van der Waals surface area contributed by atoms with Gasteiger partial charge in [0.25, 0.3) is 0 Å². The first-order valence-electron chi connectivity index (χ1n) is 6.99. The Hall–Kier alpha value is -2.54. The molecular weight excluding hydrogens is 242 g/mol. The van der Waals surface area contributed by atoms with E-state index in [0.717, 1.165) is 0 Å². The summed E-state index contributed by atoms with van der Waals surface area (Å²) in [5, 5.41) is 5.42. The molecule has 0 aliphatic carbocycles. The van der Waals surface area contributed by atoms with Gasteiger partial charge < -0.3 is 4.40 Å². The van der Waals surface area contributed by atoms with Gasteiger partial charge in [-0.2, -0.15) is 0 Å². The van der Waals surface area contributed by atoms with E-state index < -0.39 is 0 Å². The summed E-state index contributed by atoms with van der Waals surface area (Å²) in [5.41, 5.74) is 5.35. The summed E-state index contributed by atoms with van der Waals surface area (Å²) in [5.74, 6) is 0. The number of aryl methyl sites for hydroxylation is 1. The van der Waals surface area contributed by atoms with Crippen LogP contribution in [-0.2, 0) is 0 Å². The highest BCUT2D eigenvalue weighted by Gasteiger charge is 2.16. The molecule has 0 saturated heterocycles. The average Bonchev–Trinajstić information content (AvgIpc) is 3.00. The van der Waals surface area contributed by atoms with Gasteiger partial charge in [-0.25, -0.2) is 0 Å². The lowest BCUT2D eigenvalue weighted by Gasteiger charge is -2.00. The van der Waals surface area contributed by atoms with Crippen LogP contribution >= 0.6 is 0 Å². The largest absolute Gasteiger partial charge is 0.308 e. The Morgan fingerprint density at radius 3 is 2.05 bits per heavy atom. The summed E-state index contributed by atoms with van der Waals surface area (Å²) in [6, 6.07) is 21.9. The smallest absolute Gasteiger partial charge is 0.0620 e. The minimum Gasteiger partial charge on any atom is -0.308 e. The monoisotopic (exact) mass is 255 g/mol. The van der Waals surface area contributed by atoms with Crippen molar-refractivity contribution < 1.29 is 0 Å². The fourth-order valence-corrected chi connectivity index (χ4v) is 3.64. The predicted molar refractivity (Wildman–Crippen MR) is 85.8 cm³/mol. The number of fused-ring (bicyclic) bond motifs is 6. The molecule has 0 N–H and O–H groups in total. The third kappa shape index (κ3) is 1.01. The van der Waals surface area contributed by atoms with Crippen LogP contribution in [0.2, 0.25) is 0 Å². The Labute approximate surface area is 116 Å². The van der Waals surface area contributed by atoms with E-state index in [1.54, 1.807) is 0 Å². The zero-order valence-corrected chi connectivity index (χ0v) is 11.2. The van der Waals surface area contributed by atoms with Crippen LogP contribution in [-0.4, -0.2) is 4.40 Å². The van der Waals surface area contributed by atoms with E-state index in [9.17, 15) is 0 Å². The molecule has 1 nitrogen and oxygen atoms in total. The lowest BCUT2D eigenvalue weighted by atomic mass is 10.1. The standard InChI is InChI=1S/C19H13N/c1-12-6-4-8-15-16-10-5-9-14-13-7-2-3-11-17(13)20(18(12)15)19(14)16/h2-11H,1H3. The molecule has 20 heavy (non-hydrogen) atoms. The summed E-state index contributed by atoms with van der Waals surface area (Å²) in [6.45, 7) is 2.20. The van der Waals surface area contributed by atoms with E-state index in [4.69, 9.17) is 0 Å². The van der Waals surface area contributed by atoms with Gasteiger partial charge in [-0.3, -0.25) is 0 Å². The molecule has 5 rings (SSSR count). The number of benzene rings is 3. The van der Waals surface area contributed by atoms with Crippen molar-refractivity contribution >= 4 is 38.1 Å². The molecule has 3 aromatic carbocycles. The van der Waals surface area contributed by atoms with Crippen molar-refractivity contribution in [1.29, 1.82) is 0 Å². The Morgan fingerprint density at radius 1 is 0.600 bits per heavy atom. The maximum Gasteiger partial charge on any atom is 0.0620 e. The Kier molecular flexibility index (Phi) is 1.70. The van der Waals surface area contributed by atoms with Crippen LogP contribution in [0, 0.1) is 6.92 Å². The highest BCUT2D eigenvalue weighted by molar-refractivity contribution is 6.23. The first-order valence-corrected chi connectivity index (χ1v) is 6.99. The maximum absolute atomic E-state index is 2.44. The molecule has 1 heteroatoms. The van der Waals surface area contributed by atoms with Crippen LogP contribution in [0.4, 0.5) is 0 Å². The van der Waals surface area contributed by atoms with Crippen molar-refractivity contribution in [3.63, 3.8) is 0 Å².